The molecule has 79 valence electrons. The summed E-state index contributed by atoms with van der Waals surface area (Å²) in [6.07, 6.45) is 1.92. The van der Waals surface area contributed by atoms with E-state index >= 15 is 0 Å². The van der Waals surface area contributed by atoms with Crippen LogP contribution < -0.4 is 0 Å². The zero-order chi connectivity index (χ0) is 10.8. The van der Waals surface area contributed by atoms with Crippen molar-refractivity contribution >= 4 is 10.9 Å². The Morgan fingerprint density at radius 2 is 2.27 bits per heavy atom. The molecule has 0 bridgehead atoms. The van der Waals surface area contributed by atoms with Gasteiger partial charge in [0.25, 0.3) is 0 Å². The van der Waals surface area contributed by atoms with Crippen LogP contribution in [0.4, 0.5) is 4.39 Å². The maximum absolute atomic E-state index is 13.1. The van der Waals surface area contributed by atoms with Crippen LogP contribution in [0.5, 0.6) is 0 Å². The average Bonchev–Trinajstić information content (AvgIpc) is 2.52. The zero-order valence-corrected chi connectivity index (χ0v) is 8.66. The number of rotatable bonds is 3. The highest BCUT2D eigenvalue weighted by Crippen LogP contribution is 2.21. The Kier molecular flexibility index (Phi) is 2.73. The smallest absolute Gasteiger partial charge is 0.125 e. The molecule has 1 heterocycles. The van der Waals surface area contributed by atoms with E-state index < -0.39 is 0 Å². The summed E-state index contributed by atoms with van der Waals surface area (Å²) in [5.74, 6) is -0.223. The minimum Gasteiger partial charge on any atom is -0.383 e. The molecule has 0 saturated heterocycles. The number of ether oxygens (including phenoxy) is 1. The summed E-state index contributed by atoms with van der Waals surface area (Å²) >= 11 is 0. The minimum absolute atomic E-state index is 0.223. The Morgan fingerprint density at radius 3 is 3.00 bits per heavy atom. The third-order valence-corrected chi connectivity index (χ3v) is 2.46. The molecule has 0 spiro atoms. The largest absolute Gasteiger partial charge is 0.383 e. The van der Waals surface area contributed by atoms with E-state index in [2.05, 4.69) is 6.92 Å². The van der Waals surface area contributed by atoms with Gasteiger partial charge in [-0.2, -0.15) is 0 Å². The van der Waals surface area contributed by atoms with E-state index in [-0.39, 0.29) is 5.82 Å². The van der Waals surface area contributed by atoms with Gasteiger partial charge >= 0.3 is 0 Å². The molecule has 0 fully saturated rings. The summed E-state index contributed by atoms with van der Waals surface area (Å²) in [5.41, 5.74) is 1.79. The van der Waals surface area contributed by atoms with Crippen LogP contribution in [0.3, 0.4) is 0 Å². The van der Waals surface area contributed by atoms with Gasteiger partial charge in [0.05, 0.1) is 12.1 Å². The number of fused-ring (bicyclic) bond motifs is 1. The highest BCUT2D eigenvalue weighted by molar-refractivity contribution is 5.84. The third-order valence-electron chi connectivity index (χ3n) is 2.46. The van der Waals surface area contributed by atoms with Crippen molar-refractivity contribution in [1.29, 1.82) is 0 Å². The van der Waals surface area contributed by atoms with E-state index in [0.29, 0.717) is 13.2 Å². The fourth-order valence-corrected chi connectivity index (χ4v) is 1.72. The van der Waals surface area contributed by atoms with Crippen molar-refractivity contribution in [3.05, 3.63) is 42.7 Å². The lowest BCUT2D eigenvalue weighted by atomic mass is 10.2. The van der Waals surface area contributed by atoms with Crippen LogP contribution in [0.15, 0.2) is 24.4 Å². The number of hydrogen-bond acceptors (Lipinski definition) is 1. The molecule has 0 saturated carbocycles. The van der Waals surface area contributed by atoms with Crippen molar-refractivity contribution in [1.82, 2.24) is 4.57 Å². The summed E-state index contributed by atoms with van der Waals surface area (Å²) in [6.45, 7) is 5.25. The van der Waals surface area contributed by atoms with Crippen LogP contribution in [0, 0.1) is 12.7 Å². The molecular weight excluding hydrogens is 193 g/mol. The van der Waals surface area contributed by atoms with E-state index in [1.807, 2.05) is 10.8 Å². The molecule has 0 N–H and O–H groups in total. The Labute approximate surface area is 88.3 Å². The van der Waals surface area contributed by atoms with Gasteiger partial charge in [-0.1, -0.05) is 0 Å². The summed E-state index contributed by atoms with van der Waals surface area (Å²) in [7, 11) is 1.65. The van der Waals surface area contributed by atoms with Gasteiger partial charge in [0, 0.05) is 25.2 Å². The fourth-order valence-electron chi connectivity index (χ4n) is 1.72. The second kappa shape index (κ2) is 4.03. The maximum atomic E-state index is 13.1. The predicted octanol–water partition coefficient (Wildman–Crippen LogP) is 2.61. The van der Waals surface area contributed by atoms with E-state index in [0.717, 1.165) is 16.5 Å². The molecule has 1 radical (unpaired) electrons. The molecule has 0 aliphatic rings. The second-order valence-electron chi connectivity index (χ2n) is 3.50. The zero-order valence-electron chi connectivity index (χ0n) is 8.66. The Balaban J connectivity index is 2.49. The molecule has 0 amide bonds. The molecule has 0 atom stereocenters. The first-order chi connectivity index (χ1) is 7.22. The highest BCUT2D eigenvalue weighted by atomic mass is 19.1. The van der Waals surface area contributed by atoms with Gasteiger partial charge in [-0.25, -0.2) is 4.39 Å². The van der Waals surface area contributed by atoms with Gasteiger partial charge in [-0.3, -0.25) is 0 Å². The molecule has 3 heteroatoms. The molecule has 1 aromatic carbocycles. The number of methoxy groups -OCH3 is 1. The molecule has 2 aromatic rings. The van der Waals surface area contributed by atoms with Gasteiger partial charge in [0.15, 0.2) is 0 Å². The van der Waals surface area contributed by atoms with E-state index in [4.69, 9.17) is 4.74 Å². The maximum Gasteiger partial charge on any atom is 0.125 e. The number of benzene rings is 1. The number of aromatic nitrogens is 1. The number of nitrogens with zero attached hydrogens (tertiary/aromatic N) is 1. The lowest BCUT2D eigenvalue weighted by Crippen LogP contribution is -2.02. The fraction of sp³-hybridized carbons (Fsp3) is 0.250. The second-order valence-corrected chi connectivity index (χ2v) is 3.50. The minimum atomic E-state index is -0.223. The summed E-state index contributed by atoms with van der Waals surface area (Å²) in [6, 6.07) is 4.74. The van der Waals surface area contributed by atoms with Crippen molar-refractivity contribution in [2.75, 3.05) is 13.7 Å². The molecule has 0 aliphatic heterocycles. The standard InChI is InChI=1S/C12H13FNO/c1-9-8-14(5-6-15-2)12-7-10(13)3-4-11(9)12/h3-4,7-8H,1,5-6H2,2H3. The normalized spacial score (nSPS) is 11.1. The molecule has 15 heavy (non-hydrogen) atoms. The van der Waals surface area contributed by atoms with Gasteiger partial charge in [-0.05, 0) is 30.7 Å². The molecular formula is C12H13FNO. The molecule has 2 nitrogen and oxygen atoms in total. The van der Waals surface area contributed by atoms with Crippen molar-refractivity contribution in [2.45, 2.75) is 6.54 Å². The Hall–Kier alpha value is -1.35. The van der Waals surface area contributed by atoms with Gasteiger partial charge in [0.2, 0.25) is 0 Å². The van der Waals surface area contributed by atoms with Crippen molar-refractivity contribution in [3.8, 4) is 0 Å². The van der Waals surface area contributed by atoms with Gasteiger partial charge in [-0.15, -0.1) is 0 Å². The van der Waals surface area contributed by atoms with Gasteiger partial charge < -0.3 is 9.30 Å². The van der Waals surface area contributed by atoms with Crippen LogP contribution in [-0.2, 0) is 11.3 Å². The third kappa shape index (κ3) is 1.88. The van der Waals surface area contributed by atoms with E-state index in [9.17, 15) is 4.39 Å². The topological polar surface area (TPSA) is 14.2 Å². The predicted molar refractivity (Wildman–Crippen MR) is 58.2 cm³/mol. The van der Waals surface area contributed by atoms with Gasteiger partial charge in [0.1, 0.15) is 5.82 Å². The summed E-state index contributed by atoms with van der Waals surface area (Å²) < 4.78 is 20.0. The first kappa shape index (κ1) is 10.2. The SMILES string of the molecule is [CH2]c1cn(CCOC)c2cc(F)ccc12. The molecule has 0 unspecified atom stereocenters. The lowest BCUT2D eigenvalue weighted by Gasteiger charge is -2.03. The lowest BCUT2D eigenvalue weighted by molar-refractivity contribution is 0.188. The van der Waals surface area contributed by atoms with Crippen LogP contribution in [0.25, 0.3) is 10.9 Å². The van der Waals surface area contributed by atoms with Crippen molar-refractivity contribution in [2.24, 2.45) is 0 Å². The quantitative estimate of drug-likeness (QED) is 0.753. The van der Waals surface area contributed by atoms with Crippen LogP contribution >= 0.6 is 0 Å². The summed E-state index contributed by atoms with van der Waals surface area (Å²) in [5, 5.41) is 0.993. The molecule has 0 aliphatic carbocycles. The van der Waals surface area contributed by atoms with E-state index in [1.54, 1.807) is 13.2 Å². The molecule has 2 rings (SSSR count). The Bertz CT molecular complexity index is 476. The van der Waals surface area contributed by atoms with Crippen LogP contribution in [0.1, 0.15) is 5.56 Å². The van der Waals surface area contributed by atoms with E-state index in [1.165, 1.54) is 12.1 Å². The first-order valence-electron chi connectivity index (χ1n) is 4.81. The van der Waals surface area contributed by atoms with Crippen molar-refractivity contribution < 1.29 is 9.13 Å². The van der Waals surface area contributed by atoms with Crippen LogP contribution in [-0.4, -0.2) is 18.3 Å². The first-order valence-corrected chi connectivity index (χ1v) is 4.81. The number of hydrogen-bond donors (Lipinski definition) is 0. The number of halogens is 1. The van der Waals surface area contributed by atoms with Crippen molar-refractivity contribution in [3.63, 3.8) is 0 Å². The molecule has 1 aromatic heterocycles. The average molecular weight is 206 g/mol. The summed E-state index contributed by atoms with van der Waals surface area (Å²) in [4.78, 5) is 0. The van der Waals surface area contributed by atoms with Crippen LogP contribution in [0.2, 0.25) is 0 Å². The monoisotopic (exact) mass is 206 g/mol. The Morgan fingerprint density at radius 1 is 1.47 bits per heavy atom. The highest BCUT2D eigenvalue weighted by Gasteiger charge is 2.05.